The molecule has 4 nitrogen and oxygen atoms in total. The fraction of sp³-hybridized carbons (Fsp3) is 0.375. The quantitative estimate of drug-likeness (QED) is 0.750. The molecule has 0 aliphatic rings. The molecule has 0 fully saturated rings. The standard InChI is InChI=1S/C16H21N3O/c1-2-17-13-15-6-3-7-16(19-15)20-12-4-5-14-8-10-18-11-9-14/h3,6-11,17H,2,4-5,12-13H2,1H3. The topological polar surface area (TPSA) is 47.0 Å². The summed E-state index contributed by atoms with van der Waals surface area (Å²) >= 11 is 0. The number of aromatic nitrogens is 2. The van der Waals surface area contributed by atoms with Gasteiger partial charge >= 0.3 is 0 Å². The van der Waals surface area contributed by atoms with E-state index in [9.17, 15) is 0 Å². The maximum absolute atomic E-state index is 5.69. The number of nitrogens with zero attached hydrogens (tertiary/aromatic N) is 2. The third-order valence-electron chi connectivity index (χ3n) is 2.95. The van der Waals surface area contributed by atoms with Gasteiger partial charge in [-0.15, -0.1) is 0 Å². The van der Waals surface area contributed by atoms with Crippen LogP contribution in [0.5, 0.6) is 5.88 Å². The third-order valence-corrected chi connectivity index (χ3v) is 2.95. The summed E-state index contributed by atoms with van der Waals surface area (Å²) in [7, 11) is 0. The normalized spacial score (nSPS) is 10.4. The van der Waals surface area contributed by atoms with Crippen LogP contribution in [0.1, 0.15) is 24.6 Å². The number of nitrogens with one attached hydrogen (secondary N) is 1. The van der Waals surface area contributed by atoms with Crippen molar-refractivity contribution in [1.29, 1.82) is 0 Å². The van der Waals surface area contributed by atoms with Gasteiger partial charge in [-0.05, 0) is 43.1 Å². The van der Waals surface area contributed by atoms with E-state index in [2.05, 4.69) is 22.2 Å². The molecule has 0 unspecified atom stereocenters. The van der Waals surface area contributed by atoms with Crippen molar-refractivity contribution in [1.82, 2.24) is 15.3 Å². The minimum absolute atomic E-state index is 0.681. The summed E-state index contributed by atoms with van der Waals surface area (Å²) in [6, 6.07) is 9.97. The van der Waals surface area contributed by atoms with Crippen LogP contribution in [-0.4, -0.2) is 23.1 Å². The Labute approximate surface area is 120 Å². The molecule has 0 amide bonds. The molecule has 0 saturated heterocycles. The van der Waals surface area contributed by atoms with Gasteiger partial charge in [0.25, 0.3) is 0 Å². The predicted octanol–water partition coefficient (Wildman–Crippen LogP) is 2.60. The molecule has 0 spiro atoms. The van der Waals surface area contributed by atoms with Gasteiger partial charge in [0.15, 0.2) is 0 Å². The van der Waals surface area contributed by atoms with Crippen molar-refractivity contribution in [2.75, 3.05) is 13.2 Å². The molecule has 2 aromatic heterocycles. The van der Waals surface area contributed by atoms with Gasteiger partial charge in [-0.3, -0.25) is 4.98 Å². The second-order valence-corrected chi connectivity index (χ2v) is 4.55. The molecule has 0 radical (unpaired) electrons. The Morgan fingerprint density at radius 3 is 2.80 bits per heavy atom. The van der Waals surface area contributed by atoms with Crippen LogP contribution in [0.4, 0.5) is 0 Å². The molecule has 1 N–H and O–H groups in total. The molecule has 20 heavy (non-hydrogen) atoms. The Bertz CT molecular complexity index is 502. The molecule has 0 aromatic carbocycles. The van der Waals surface area contributed by atoms with Gasteiger partial charge in [0.05, 0.1) is 12.3 Å². The summed E-state index contributed by atoms with van der Waals surface area (Å²) in [6.07, 6.45) is 5.62. The van der Waals surface area contributed by atoms with Crippen molar-refractivity contribution in [3.8, 4) is 5.88 Å². The molecule has 2 rings (SSSR count). The van der Waals surface area contributed by atoms with Crippen molar-refractivity contribution < 1.29 is 4.74 Å². The first-order valence-corrected chi connectivity index (χ1v) is 7.07. The second-order valence-electron chi connectivity index (χ2n) is 4.55. The van der Waals surface area contributed by atoms with Crippen molar-refractivity contribution in [2.24, 2.45) is 0 Å². The van der Waals surface area contributed by atoms with Crippen LogP contribution >= 0.6 is 0 Å². The van der Waals surface area contributed by atoms with E-state index in [-0.39, 0.29) is 0 Å². The fourth-order valence-electron chi connectivity index (χ4n) is 1.89. The zero-order chi connectivity index (χ0) is 14.0. The summed E-state index contributed by atoms with van der Waals surface area (Å²) < 4.78 is 5.69. The minimum atomic E-state index is 0.681. The Balaban J connectivity index is 1.73. The SMILES string of the molecule is CCNCc1cccc(OCCCc2ccncc2)n1. The van der Waals surface area contributed by atoms with Crippen molar-refractivity contribution in [3.63, 3.8) is 0 Å². The number of rotatable bonds is 8. The zero-order valence-electron chi connectivity index (χ0n) is 11.9. The van der Waals surface area contributed by atoms with Gasteiger partial charge in [-0.2, -0.15) is 0 Å². The minimum Gasteiger partial charge on any atom is -0.478 e. The molecule has 0 aliphatic carbocycles. The Kier molecular flexibility index (Phi) is 5.99. The first-order valence-electron chi connectivity index (χ1n) is 7.07. The molecule has 0 bridgehead atoms. The van der Waals surface area contributed by atoms with Crippen LogP contribution in [0.2, 0.25) is 0 Å². The first kappa shape index (κ1) is 14.5. The van der Waals surface area contributed by atoms with E-state index in [1.165, 1.54) is 5.56 Å². The average Bonchev–Trinajstić information content (AvgIpc) is 2.51. The summed E-state index contributed by atoms with van der Waals surface area (Å²) in [5.74, 6) is 0.704. The lowest BCUT2D eigenvalue weighted by Crippen LogP contribution is -2.13. The number of ether oxygens (including phenoxy) is 1. The second kappa shape index (κ2) is 8.27. The van der Waals surface area contributed by atoms with E-state index in [0.717, 1.165) is 31.6 Å². The van der Waals surface area contributed by atoms with Crippen LogP contribution in [-0.2, 0) is 13.0 Å². The zero-order valence-corrected chi connectivity index (χ0v) is 11.9. The van der Waals surface area contributed by atoms with Crippen molar-refractivity contribution >= 4 is 0 Å². The first-order chi connectivity index (χ1) is 9.88. The highest BCUT2D eigenvalue weighted by Crippen LogP contribution is 2.09. The number of pyridine rings is 2. The highest BCUT2D eigenvalue weighted by atomic mass is 16.5. The van der Waals surface area contributed by atoms with Crippen LogP contribution in [0.3, 0.4) is 0 Å². The molecule has 4 heteroatoms. The lowest BCUT2D eigenvalue weighted by Gasteiger charge is -2.07. The van der Waals surface area contributed by atoms with Crippen LogP contribution in [0.25, 0.3) is 0 Å². The number of aryl methyl sites for hydroxylation is 1. The molecule has 2 aromatic rings. The van der Waals surface area contributed by atoms with Crippen molar-refractivity contribution in [3.05, 3.63) is 54.0 Å². The molecular weight excluding hydrogens is 250 g/mol. The van der Waals surface area contributed by atoms with Gasteiger partial charge in [0.2, 0.25) is 5.88 Å². The maximum Gasteiger partial charge on any atom is 0.213 e. The smallest absolute Gasteiger partial charge is 0.213 e. The van der Waals surface area contributed by atoms with E-state index < -0.39 is 0 Å². The predicted molar refractivity (Wildman–Crippen MR) is 79.7 cm³/mol. The Hall–Kier alpha value is -1.94. The summed E-state index contributed by atoms with van der Waals surface area (Å²) in [5.41, 5.74) is 2.30. The van der Waals surface area contributed by atoms with Crippen molar-refractivity contribution in [2.45, 2.75) is 26.3 Å². The number of hydrogen-bond acceptors (Lipinski definition) is 4. The van der Waals surface area contributed by atoms with E-state index in [0.29, 0.717) is 12.5 Å². The monoisotopic (exact) mass is 271 g/mol. The lowest BCUT2D eigenvalue weighted by atomic mass is 10.1. The van der Waals surface area contributed by atoms with Gasteiger partial charge in [-0.1, -0.05) is 13.0 Å². The summed E-state index contributed by atoms with van der Waals surface area (Å²) in [4.78, 5) is 8.47. The molecular formula is C16H21N3O. The molecule has 0 atom stereocenters. The summed E-state index contributed by atoms with van der Waals surface area (Å²) in [5, 5.41) is 3.26. The van der Waals surface area contributed by atoms with E-state index in [4.69, 9.17) is 4.74 Å². The van der Waals surface area contributed by atoms with Crippen LogP contribution < -0.4 is 10.1 Å². The molecule has 2 heterocycles. The van der Waals surface area contributed by atoms with E-state index in [1.54, 1.807) is 0 Å². The van der Waals surface area contributed by atoms with Crippen LogP contribution in [0.15, 0.2) is 42.7 Å². The Morgan fingerprint density at radius 1 is 1.15 bits per heavy atom. The molecule has 106 valence electrons. The van der Waals surface area contributed by atoms with Gasteiger partial charge in [0, 0.05) is 25.0 Å². The average molecular weight is 271 g/mol. The maximum atomic E-state index is 5.69. The largest absolute Gasteiger partial charge is 0.478 e. The van der Waals surface area contributed by atoms with Crippen LogP contribution in [0, 0.1) is 0 Å². The highest BCUT2D eigenvalue weighted by Gasteiger charge is 1.99. The Morgan fingerprint density at radius 2 is 2.00 bits per heavy atom. The lowest BCUT2D eigenvalue weighted by molar-refractivity contribution is 0.298. The van der Waals surface area contributed by atoms with Gasteiger partial charge < -0.3 is 10.1 Å². The van der Waals surface area contributed by atoms with Gasteiger partial charge in [-0.25, -0.2) is 4.98 Å². The molecule has 0 saturated carbocycles. The highest BCUT2D eigenvalue weighted by molar-refractivity contribution is 5.15. The van der Waals surface area contributed by atoms with E-state index in [1.807, 2.05) is 42.7 Å². The summed E-state index contributed by atoms with van der Waals surface area (Å²) in [6.45, 7) is 4.49. The molecule has 0 aliphatic heterocycles. The number of hydrogen-bond donors (Lipinski definition) is 1. The fourth-order valence-corrected chi connectivity index (χ4v) is 1.89. The van der Waals surface area contributed by atoms with E-state index >= 15 is 0 Å². The van der Waals surface area contributed by atoms with Gasteiger partial charge in [0.1, 0.15) is 0 Å². The third kappa shape index (κ3) is 4.97.